The predicted molar refractivity (Wildman–Crippen MR) is 135 cm³/mol. The molecule has 0 bridgehead atoms. The lowest BCUT2D eigenvalue weighted by Gasteiger charge is -2.29. The minimum atomic E-state index is -3.98. The van der Waals surface area contributed by atoms with Gasteiger partial charge in [-0.25, -0.2) is 26.9 Å². The van der Waals surface area contributed by atoms with E-state index in [1.807, 2.05) is 31.2 Å². The summed E-state index contributed by atoms with van der Waals surface area (Å²) in [5.41, 5.74) is 2.85. The van der Waals surface area contributed by atoms with Crippen LogP contribution in [0.3, 0.4) is 0 Å². The molecule has 0 aliphatic carbocycles. The monoisotopic (exact) mass is 512 g/mol. The Bertz CT molecular complexity index is 1410. The summed E-state index contributed by atoms with van der Waals surface area (Å²) in [7, 11) is -3.98. The molecule has 0 radical (unpaired) electrons. The molecule has 2 N–H and O–H groups in total. The van der Waals surface area contributed by atoms with Crippen molar-refractivity contribution in [1.29, 1.82) is 0 Å². The number of guanidine groups is 1. The second-order valence-corrected chi connectivity index (χ2v) is 10.4. The Kier molecular flexibility index (Phi) is 6.63. The molecule has 3 aromatic rings. The minimum Gasteiger partial charge on any atom is -0.378 e. The van der Waals surface area contributed by atoms with Crippen LogP contribution in [0.4, 0.5) is 20.2 Å². The van der Waals surface area contributed by atoms with Gasteiger partial charge in [-0.15, -0.1) is 0 Å². The summed E-state index contributed by atoms with van der Waals surface area (Å²) >= 11 is 0. The molecule has 10 heteroatoms. The molecule has 2 aliphatic heterocycles. The van der Waals surface area contributed by atoms with E-state index in [1.54, 1.807) is 12.1 Å². The fourth-order valence-electron chi connectivity index (χ4n) is 4.52. The molecule has 2 aliphatic rings. The topological polar surface area (TPSA) is 83.0 Å². The SMILES string of the molecule is C[C@@H](c1ccc(N2CCOCC2)cc1)c1c(F)ccc2c1NC(=NCc1cccc(F)c1)NS2(=O)=O. The Balaban J connectivity index is 1.46. The van der Waals surface area contributed by atoms with Crippen molar-refractivity contribution in [2.24, 2.45) is 4.99 Å². The van der Waals surface area contributed by atoms with Gasteiger partial charge in [0.25, 0.3) is 10.0 Å². The Hall–Kier alpha value is -3.50. The number of anilines is 2. The maximum atomic E-state index is 15.2. The van der Waals surface area contributed by atoms with Crippen LogP contribution in [0.25, 0.3) is 0 Å². The number of sulfonamides is 1. The smallest absolute Gasteiger partial charge is 0.266 e. The van der Waals surface area contributed by atoms with E-state index in [-0.39, 0.29) is 28.7 Å². The average Bonchev–Trinajstić information content (AvgIpc) is 2.87. The highest BCUT2D eigenvalue weighted by atomic mass is 32.2. The maximum Gasteiger partial charge on any atom is 0.266 e. The van der Waals surface area contributed by atoms with Crippen LogP contribution in [-0.2, 0) is 21.3 Å². The standard InChI is InChI=1S/C26H26F2N4O3S/c1-17(19-5-7-21(8-6-19)32-11-13-35-14-12-32)24-22(28)9-10-23-25(24)30-26(31-36(23,33)34)29-16-18-3-2-4-20(27)15-18/h2-10,15,17H,11-14,16H2,1H3,(H2,29,30,31)/t17-/m0/s1. The molecule has 1 atom stereocenters. The van der Waals surface area contributed by atoms with Gasteiger partial charge in [0.2, 0.25) is 5.96 Å². The second kappa shape index (κ2) is 9.87. The second-order valence-electron chi connectivity index (χ2n) is 8.77. The van der Waals surface area contributed by atoms with Gasteiger partial charge in [0.05, 0.1) is 25.4 Å². The molecule has 0 aromatic heterocycles. The first-order valence-electron chi connectivity index (χ1n) is 11.7. The number of hydrogen-bond donors (Lipinski definition) is 2. The summed E-state index contributed by atoms with van der Waals surface area (Å²) in [5, 5.41) is 2.96. The lowest BCUT2D eigenvalue weighted by Crippen LogP contribution is -2.41. The van der Waals surface area contributed by atoms with Crippen LogP contribution in [0.15, 0.2) is 70.6 Å². The van der Waals surface area contributed by atoms with Crippen molar-refractivity contribution < 1.29 is 21.9 Å². The molecule has 5 rings (SSSR count). The zero-order valence-electron chi connectivity index (χ0n) is 19.7. The highest BCUT2D eigenvalue weighted by Crippen LogP contribution is 2.38. The van der Waals surface area contributed by atoms with E-state index < -0.39 is 27.6 Å². The van der Waals surface area contributed by atoms with E-state index in [4.69, 9.17) is 4.74 Å². The molecule has 36 heavy (non-hydrogen) atoms. The van der Waals surface area contributed by atoms with Gasteiger partial charge in [-0.2, -0.15) is 0 Å². The molecule has 1 fully saturated rings. The highest BCUT2D eigenvalue weighted by Gasteiger charge is 2.32. The normalized spacial score (nSPS) is 18.8. The van der Waals surface area contributed by atoms with Crippen molar-refractivity contribution in [3.63, 3.8) is 0 Å². The first-order valence-corrected chi connectivity index (χ1v) is 13.1. The Morgan fingerprint density at radius 2 is 1.81 bits per heavy atom. The number of morpholine rings is 1. The Morgan fingerprint density at radius 1 is 1.06 bits per heavy atom. The molecule has 0 amide bonds. The van der Waals surface area contributed by atoms with Gasteiger partial charge >= 0.3 is 0 Å². The molecule has 3 aromatic carbocycles. The van der Waals surface area contributed by atoms with Gasteiger partial charge in [-0.05, 0) is 47.5 Å². The first kappa shape index (κ1) is 24.2. The van der Waals surface area contributed by atoms with Crippen LogP contribution >= 0.6 is 0 Å². The van der Waals surface area contributed by atoms with E-state index >= 15 is 4.39 Å². The van der Waals surface area contributed by atoms with Crippen LogP contribution in [0.5, 0.6) is 0 Å². The fraction of sp³-hybridized carbons (Fsp3) is 0.269. The number of nitrogens with one attached hydrogen (secondary N) is 2. The predicted octanol–water partition coefficient (Wildman–Crippen LogP) is 4.21. The van der Waals surface area contributed by atoms with Crippen LogP contribution in [0, 0.1) is 11.6 Å². The molecule has 188 valence electrons. The Morgan fingerprint density at radius 3 is 2.53 bits per heavy atom. The van der Waals surface area contributed by atoms with Crippen molar-refractivity contribution >= 4 is 27.4 Å². The highest BCUT2D eigenvalue weighted by molar-refractivity contribution is 7.90. The number of halogens is 2. The fourth-order valence-corrected chi connectivity index (χ4v) is 5.67. The van der Waals surface area contributed by atoms with Gasteiger partial charge in [-0.1, -0.05) is 31.2 Å². The molecular formula is C26H26F2N4O3S. The number of rotatable bonds is 5. The van der Waals surface area contributed by atoms with Crippen molar-refractivity contribution in [3.8, 4) is 0 Å². The lowest BCUT2D eigenvalue weighted by atomic mass is 9.91. The summed E-state index contributed by atoms with van der Waals surface area (Å²) in [6.45, 7) is 4.85. The lowest BCUT2D eigenvalue weighted by molar-refractivity contribution is 0.122. The zero-order valence-corrected chi connectivity index (χ0v) is 20.5. The summed E-state index contributed by atoms with van der Waals surface area (Å²) < 4.78 is 62.4. The van der Waals surface area contributed by atoms with Crippen LogP contribution in [-0.4, -0.2) is 40.7 Å². The molecular weight excluding hydrogens is 486 g/mol. The van der Waals surface area contributed by atoms with Crippen LogP contribution in [0.1, 0.15) is 29.5 Å². The number of benzene rings is 3. The van der Waals surface area contributed by atoms with Gasteiger partial charge in [-0.3, -0.25) is 0 Å². The third-order valence-corrected chi connectivity index (χ3v) is 7.81. The average molecular weight is 513 g/mol. The van der Waals surface area contributed by atoms with Crippen molar-refractivity contribution in [2.75, 3.05) is 36.5 Å². The van der Waals surface area contributed by atoms with E-state index in [0.29, 0.717) is 18.8 Å². The van der Waals surface area contributed by atoms with Gasteiger partial charge < -0.3 is 15.0 Å². The van der Waals surface area contributed by atoms with Gasteiger partial charge in [0, 0.05) is 30.3 Å². The zero-order chi connectivity index (χ0) is 25.3. The summed E-state index contributed by atoms with van der Waals surface area (Å²) in [6, 6.07) is 16.1. The maximum absolute atomic E-state index is 15.2. The number of hydrogen-bond acceptors (Lipinski definition) is 5. The summed E-state index contributed by atoms with van der Waals surface area (Å²) in [6.07, 6.45) is 0. The van der Waals surface area contributed by atoms with E-state index in [2.05, 4.69) is 19.9 Å². The third kappa shape index (κ3) is 4.91. The molecule has 2 heterocycles. The third-order valence-electron chi connectivity index (χ3n) is 6.43. The minimum absolute atomic E-state index is 0.0428. The number of ether oxygens (including phenoxy) is 1. The van der Waals surface area contributed by atoms with Crippen LogP contribution in [0.2, 0.25) is 0 Å². The molecule has 0 saturated carbocycles. The van der Waals surface area contributed by atoms with Gasteiger partial charge in [0.1, 0.15) is 16.5 Å². The van der Waals surface area contributed by atoms with E-state index in [9.17, 15) is 12.8 Å². The molecule has 0 unspecified atom stereocenters. The Labute approximate surface area is 208 Å². The summed E-state index contributed by atoms with van der Waals surface area (Å²) in [5.74, 6) is -1.42. The van der Waals surface area contributed by atoms with E-state index in [0.717, 1.165) is 24.3 Å². The number of nitrogens with zero attached hydrogens (tertiary/aromatic N) is 2. The van der Waals surface area contributed by atoms with Crippen LogP contribution < -0.4 is 14.9 Å². The van der Waals surface area contributed by atoms with Crippen molar-refractivity contribution in [1.82, 2.24) is 4.72 Å². The van der Waals surface area contributed by atoms with Crippen molar-refractivity contribution in [2.45, 2.75) is 24.3 Å². The van der Waals surface area contributed by atoms with Crippen molar-refractivity contribution in [3.05, 3.63) is 89.0 Å². The first-order chi connectivity index (χ1) is 17.3. The molecule has 0 spiro atoms. The van der Waals surface area contributed by atoms with Gasteiger partial charge in [0.15, 0.2) is 0 Å². The number of aliphatic imine (C=N–C) groups is 1. The van der Waals surface area contributed by atoms with E-state index in [1.165, 1.54) is 24.3 Å². The largest absolute Gasteiger partial charge is 0.378 e. The summed E-state index contributed by atoms with van der Waals surface area (Å²) in [4.78, 5) is 6.44. The molecule has 7 nitrogen and oxygen atoms in total. The number of fused-ring (bicyclic) bond motifs is 1. The molecule has 1 saturated heterocycles. The quantitative estimate of drug-likeness (QED) is 0.535.